The highest BCUT2D eigenvalue weighted by molar-refractivity contribution is 7.89. The van der Waals surface area contributed by atoms with E-state index in [0.717, 1.165) is 22.9 Å². The van der Waals surface area contributed by atoms with E-state index in [4.69, 9.17) is 4.74 Å². The topological polar surface area (TPSA) is 60.4 Å². The van der Waals surface area contributed by atoms with E-state index in [2.05, 4.69) is 6.07 Å². The number of rotatable bonds is 5. The Hall–Kier alpha value is -2.14. The highest BCUT2D eigenvalue weighted by atomic mass is 32.2. The predicted octanol–water partition coefficient (Wildman–Crippen LogP) is 3.21. The number of carbonyl (C=O) groups is 1. The molecule has 2 aromatic rings. The summed E-state index contributed by atoms with van der Waals surface area (Å²) in [7, 11) is -3.14. The first kappa shape index (κ1) is 17.2. The van der Waals surface area contributed by atoms with Crippen molar-refractivity contribution in [3.8, 4) is 0 Å². The zero-order valence-corrected chi connectivity index (χ0v) is 14.3. The highest BCUT2D eigenvalue weighted by Crippen LogP contribution is 2.13. The fourth-order valence-corrected chi connectivity index (χ4v) is 3.26. The van der Waals surface area contributed by atoms with Gasteiger partial charge in [0.25, 0.3) is 0 Å². The zero-order valence-electron chi connectivity index (χ0n) is 13.5. The monoisotopic (exact) mass is 332 g/mol. The molecule has 2 rings (SSSR count). The molecule has 0 aliphatic carbocycles. The van der Waals surface area contributed by atoms with Crippen molar-refractivity contribution in [1.82, 2.24) is 0 Å². The van der Waals surface area contributed by atoms with Crippen LogP contribution in [0.1, 0.15) is 32.6 Å². The first-order valence-electron chi connectivity index (χ1n) is 7.24. The first-order valence-corrected chi connectivity index (χ1v) is 9.30. The van der Waals surface area contributed by atoms with Crippen molar-refractivity contribution in [2.75, 3.05) is 6.26 Å². The Labute approximate surface area is 137 Å². The van der Waals surface area contributed by atoms with Crippen molar-refractivity contribution >= 4 is 15.8 Å². The number of ether oxygens (including phenoxy) is 1. The van der Waals surface area contributed by atoms with Crippen LogP contribution in [0.15, 0.2) is 42.5 Å². The minimum atomic E-state index is -3.14. The van der Waals surface area contributed by atoms with Gasteiger partial charge in [-0.05, 0) is 37.1 Å². The molecule has 0 fully saturated rings. The van der Waals surface area contributed by atoms with Crippen molar-refractivity contribution in [2.24, 2.45) is 0 Å². The van der Waals surface area contributed by atoms with Crippen molar-refractivity contribution in [3.63, 3.8) is 0 Å². The van der Waals surface area contributed by atoms with Gasteiger partial charge in [0.1, 0.15) is 6.61 Å². The Bertz CT molecular complexity index is 802. The van der Waals surface area contributed by atoms with Crippen LogP contribution in [-0.4, -0.2) is 20.6 Å². The van der Waals surface area contributed by atoms with Crippen LogP contribution in [-0.2, 0) is 26.9 Å². The molecule has 2 aromatic carbocycles. The van der Waals surface area contributed by atoms with E-state index in [9.17, 15) is 13.2 Å². The average molecular weight is 332 g/mol. The molecular weight excluding hydrogens is 312 g/mol. The second kappa shape index (κ2) is 6.96. The smallest absolute Gasteiger partial charge is 0.338 e. The lowest BCUT2D eigenvalue weighted by molar-refractivity contribution is 0.0472. The standard InChI is InChI=1S/C18H20O4S/c1-13-7-14(2)9-16(8-13)11-22-18(19)17-6-4-5-15(10-17)12-23(3,20)21/h4-10H,11-12H2,1-3H3. The van der Waals surface area contributed by atoms with Crippen molar-refractivity contribution in [3.05, 3.63) is 70.3 Å². The molecule has 0 saturated carbocycles. The van der Waals surface area contributed by atoms with E-state index in [1.165, 1.54) is 0 Å². The molecule has 0 saturated heterocycles. The van der Waals surface area contributed by atoms with E-state index < -0.39 is 15.8 Å². The molecule has 0 heterocycles. The molecule has 0 bridgehead atoms. The van der Waals surface area contributed by atoms with Gasteiger partial charge in [0, 0.05) is 6.26 Å². The van der Waals surface area contributed by atoms with E-state index in [1.54, 1.807) is 24.3 Å². The van der Waals surface area contributed by atoms with Gasteiger partial charge in [-0.2, -0.15) is 0 Å². The van der Waals surface area contributed by atoms with Crippen LogP contribution in [0.25, 0.3) is 0 Å². The van der Waals surface area contributed by atoms with Crippen molar-refractivity contribution < 1.29 is 17.9 Å². The first-order chi connectivity index (χ1) is 10.7. The highest BCUT2D eigenvalue weighted by Gasteiger charge is 2.11. The van der Waals surface area contributed by atoms with E-state index >= 15 is 0 Å². The maximum absolute atomic E-state index is 12.1. The summed E-state index contributed by atoms with van der Waals surface area (Å²) in [5.41, 5.74) is 4.10. The molecule has 0 unspecified atom stereocenters. The quantitative estimate of drug-likeness (QED) is 0.789. The van der Waals surface area contributed by atoms with Gasteiger partial charge in [0.2, 0.25) is 0 Å². The molecule has 0 aliphatic heterocycles. The van der Waals surface area contributed by atoms with Crippen LogP contribution >= 0.6 is 0 Å². The van der Waals surface area contributed by atoms with Gasteiger partial charge in [-0.1, -0.05) is 41.5 Å². The number of carbonyl (C=O) groups excluding carboxylic acids is 1. The molecule has 0 amide bonds. The lowest BCUT2D eigenvalue weighted by Gasteiger charge is -2.08. The van der Waals surface area contributed by atoms with Crippen LogP contribution in [0, 0.1) is 13.8 Å². The summed E-state index contributed by atoms with van der Waals surface area (Å²) in [5.74, 6) is -0.551. The minimum Gasteiger partial charge on any atom is -0.457 e. The number of benzene rings is 2. The largest absolute Gasteiger partial charge is 0.457 e. The molecule has 5 heteroatoms. The summed E-state index contributed by atoms with van der Waals surface area (Å²) in [6, 6.07) is 12.5. The number of sulfone groups is 1. The second-order valence-corrected chi connectivity index (χ2v) is 7.98. The SMILES string of the molecule is Cc1cc(C)cc(COC(=O)c2cccc(CS(C)(=O)=O)c2)c1. The molecule has 23 heavy (non-hydrogen) atoms. The Balaban J connectivity index is 2.07. The maximum atomic E-state index is 12.1. The van der Waals surface area contributed by atoms with Gasteiger partial charge in [-0.3, -0.25) is 0 Å². The van der Waals surface area contributed by atoms with E-state index in [0.29, 0.717) is 11.1 Å². The Kier molecular flexibility index (Phi) is 5.21. The minimum absolute atomic E-state index is 0.0921. The number of hydrogen-bond acceptors (Lipinski definition) is 4. The Morgan fingerprint density at radius 2 is 1.65 bits per heavy atom. The summed E-state index contributed by atoms with van der Waals surface area (Å²) in [4.78, 5) is 12.1. The molecule has 4 nitrogen and oxygen atoms in total. The average Bonchev–Trinajstić information content (AvgIpc) is 2.42. The molecule has 0 aliphatic rings. The second-order valence-electron chi connectivity index (χ2n) is 5.84. The number of aryl methyl sites for hydroxylation is 2. The molecule has 0 aromatic heterocycles. The summed E-state index contributed by atoms with van der Waals surface area (Å²) in [6.45, 7) is 4.18. The van der Waals surface area contributed by atoms with Gasteiger partial charge in [0.15, 0.2) is 9.84 Å². The third-order valence-corrected chi connectivity index (χ3v) is 4.10. The van der Waals surface area contributed by atoms with Crippen molar-refractivity contribution in [1.29, 1.82) is 0 Å². The normalized spacial score (nSPS) is 11.3. The zero-order chi connectivity index (χ0) is 17.0. The van der Waals surface area contributed by atoms with E-state index in [1.807, 2.05) is 26.0 Å². The van der Waals surface area contributed by atoms with Crippen LogP contribution < -0.4 is 0 Å². The van der Waals surface area contributed by atoms with Crippen LogP contribution in [0.2, 0.25) is 0 Å². The Morgan fingerprint density at radius 3 is 2.26 bits per heavy atom. The number of hydrogen-bond donors (Lipinski definition) is 0. The van der Waals surface area contributed by atoms with Crippen molar-refractivity contribution in [2.45, 2.75) is 26.2 Å². The summed E-state index contributed by atoms with van der Waals surface area (Å²) < 4.78 is 28.0. The molecule has 122 valence electrons. The number of esters is 1. The fourth-order valence-electron chi connectivity index (χ4n) is 2.48. The van der Waals surface area contributed by atoms with Crippen LogP contribution in [0.3, 0.4) is 0 Å². The molecular formula is C18H20O4S. The third-order valence-electron chi connectivity index (χ3n) is 3.24. The maximum Gasteiger partial charge on any atom is 0.338 e. The summed E-state index contributed by atoms with van der Waals surface area (Å²) >= 11 is 0. The van der Waals surface area contributed by atoms with Crippen LogP contribution in [0.5, 0.6) is 0 Å². The lowest BCUT2D eigenvalue weighted by Crippen LogP contribution is -2.07. The molecule has 0 N–H and O–H groups in total. The predicted molar refractivity (Wildman–Crippen MR) is 90.0 cm³/mol. The summed E-state index contributed by atoms with van der Waals surface area (Å²) in [5, 5.41) is 0. The Morgan fingerprint density at radius 1 is 1.00 bits per heavy atom. The van der Waals surface area contributed by atoms with Gasteiger partial charge in [-0.15, -0.1) is 0 Å². The van der Waals surface area contributed by atoms with E-state index in [-0.39, 0.29) is 12.4 Å². The van der Waals surface area contributed by atoms with Crippen LogP contribution in [0.4, 0.5) is 0 Å². The van der Waals surface area contributed by atoms with Gasteiger partial charge in [-0.25, -0.2) is 13.2 Å². The van der Waals surface area contributed by atoms with Gasteiger partial charge < -0.3 is 4.74 Å². The molecule has 0 atom stereocenters. The third kappa shape index (κ3) is 5.53. The van der Waals surface area contributed by atoms with Gasteiger partial charge in [0.05, 0.1) is 11.3 Å². The van der Waals surface area contributed by atoms with Gasteiger partial charge >= 0.3 is 5.97 Å². The lowest BCUT2D eigenvalue weighted by atomic mass is 10.1. The molecule has 0 radical (unpaired) electrons. The summed E-state index contributed by atoms with van der Waals surface area (Å²) in [6.07, 6.45) is 1.16. The fraction of sp³-hybridized carbons (Fsp3) is 0.278. The molecule has 0 spiro atoms.